The van der Waals surface area contributed by atoms with Crippen molar-refractivity contribution in [3.63, 3.8) is 0 Å². The quantitative estimate of drug-likeness (QED) is 0.584. The van der Waals surface area contributed by atoms with E-state index in [1.54, 1.807) is 18.2 Å². The standard InChI is InChI=1S/C15H19NO6S2/c1-21-13-7-11(23-2)3-4-12(13)15(18)22-8-14(17)16-10-5-6-24(19,20)9-10/h3-4,7,10H,5-6,8-9H2,1-2H3,(H,16,17)/t10-/m0/s1. The summed E-state index contributed by atoms with van der Waals surface area (Å²) in [5.41, 5.74) is 0.228. The van der Waals surface area contributed by atoms with Crippen molar-refractivity contribution in [3.8, 4) is 5.75 Å². The maximum absolute atomic E-state index is 12.1. The van der Waals surface area contributed by atoms with Crippen LogP contribution in [-0.4, -0.2) is 57.8 Å². The Hall–Kier alpha value is -1.74. The van der Waals surface area contributed by atoms with Crippen LogP contribution in [-0.2, 0) is 19.4 Å². The number of sulfone groups is 1. The average molecular weight is 373 g/mol. The molecule has 1 atom stereocenters. The van der Waals surface area contributed by atoms with Crippen LogP contribution in [0.5, 0.6) is 5.75 Å². The number of amides is 1. The summed E-state index contributed by atoms with van der Waals surface area (Å²) >= 11 is 1.51. The van der Waals surface area contributed by atoms with Crippen molar-refractivity contribution >= 4 is 33.5 Å². The van der Waals surface area contributed by atoms with E-state index in [0.717, 1.165) is 4.90 Å². The van der Waals surface area contributed by atoms with Gasteiger partial charge in [-0.1, -0.05) is 0 Å². The SMILES string of the molecule is COc1cc(SC)ccc1C(=O)OCC(=O)N[C@H]1CCS(=O)(=O)C1. The van der Waals surface area contributed by atoms with Crippen LogP contribution >= 0.6 is 11.8 Å². The Bertz CT molecular complexity index is 731. The molecule has 1 aromatic rings. The maximum atomic E-state index is 12.1. The number of carbonyl (C=O) groups excluding carboxylic acids is 2. The van der Waals surface area contributed by atoms with Crippen molar-refractivity contribution in [2.75, 3.05) is 31.5 Å². The first-order valence-corrected chi connectivity index (χ1v) is 10.3. The molecule has 0 aromatic heterocycles. The highest BCUT2D eigenvalue weighted by Gasteiger charge is 2.29. The number of benzene rings is 1. The van der Waals surface area contributed by atoms with Gasteiger partial charge in [-0.05, 0) is 30.9 Å². The van der Waals surface area contributed by atoms with E-state index in [0.29, 0.717) is 12.2 Å². The molecule has 1 N–H and O–H groups in total. The third kappa shape index (κ3) is 4.88. The fraction of sp³-hybridized carbons (Fsp3) is 0.467. The van der Waals surface area contributed by atoms with Gasteiger partial charge in [0.25, 0.3) is 5.91 Å². The molecular formula is C15H19NO6S2. The van der Waals surface area contributed by atoms with Crippen molar-refractivity contribution in [1.29, 1.82) is 0 Å². The van der Waals surface area contributed by atoms with Gasteiger partial charge in [0.2, 0.25) is 0 Å². The summed E-state index contributed by atoms with van der Waals surface area (Å²) in [6.45, 7) is -0.469. The van der Waals surface area contributed by atoms with Crippen molar-refractivity contribution in [2.24, 2.45) is 0 Å². The normalized spacial score (nSPS) is 18.8. The van der Waals surface area contributed by atoms with Crippen LogP contribution in [0.4, 0.5) is 0 Å². The van der Waals surface area contributed by atoms with E-state index in [4.69, 9.17) is 9.47 Å². The van der Waals surface area contributed by atoms with Gasteiger partial charge in [-0.3, -0.25) is 4.79 Å². The third-order valence-electron chi connectivity index (χ3n) is 3.56. The summed E-state index contributed by atoms with van der Waals surface area (Å²) in [5.74, 6) is -0.833. The number of ether oxygens (including phenoxy) is 2. The zero-order valence-electron chi connectivity index (χ0n) is 13.4. The number of hydrogen-bond acceptors (Lipinski definition) is 7. The fourth-order valence-electron chi connectivity index (χ4n) is 2.35. The minimum atomic E-state index is -3.07. The Morgan fingerprint density at radius 3 is 2.71 bits per heavy atom. The number of rotatable bonds is 6. The first kappa shape index (κ1) is 18.6. The first-order valence-electron chi connectivity index (χ1n) is 7.23. The monoisotopic (exact) mass is 373 g/mol. The van der Waals surface area contributed by atoms with Crippen LogP contribution in [0.3, 0.4) is 0 Å². The average Bonchev–Trinajstić information content (AvgIpc) is 2.90. The highest BCUT2D eigenvalue weighted by molar-refractivity contribution is 7.98. The third-order valence-corrected chi connectivity index (χ3v) is 6.05. The second-order valence-corrected chi connectivity index (χ2v) is 8.42. The highest BCUT2D eigenvalue weighted by Crippen LogP contribution is 2.25. The van der Waals surface area contributed by atoms with Crippen LogP contribution in [0.1, 0.15) is 16.8 Å². The van der Waals surface area contributed by atoms with Gasteiger partial charge >= 0.3 is 5.97 Å². The molecular weight excluding hydrogens is 354 g/mol. The Balaban J connectivity index is 1.90. The molecule has 1 saturated heterocycles. The van der Waals surface area contributed by atoms with E-state index in [2.05, 4.69) is 5.32 Å². The van der Waals surface area contributed by atoms with Gasteiger partial charge in [0, 0.05) is 10.9 Å². The van der Waals surface area contributed by atoms with Crippen LogP contribution in [0.2, 0.25) is 0 Å². The maximum Gasteiger partial charge on any atom is 0.342 e. The number of carbonyl (C=O) groups is 2. The van der Waals surface area contributed by atoms with Gasteiger partial charge in [0.05, 0.1) is 18.6 Å². The summed E-state index contributed by atoms with van der Waals surface area (Å²) < 4.78 is 32.8. The van der Waals surface area contributed by atoms with E-state index in [-0.39, 0.29) is 17.1 Å². The molecule has 2 rings (SSSR count). The van der Waals surface area contributed by atoms with Gasteiger partial charge in [-0.15, -0.1) is 11.8 Å². The van der Waals surface area contributed by atoms with Crippen molar-refractivity contribution in [1.82, 2.24) is 5.32 Å². The van der Waals surface area contributed by atoms with Gasteiger partial charge < -0.3 is 14.8 Å². The lowest BCUT2D eigenvalue weighted by molar-refractivity contribution is -0.124. The van der Waals surface area contributed by atoms with E-state index in [1.165, 1.54) is 18.9 Å². The lowest BCUT2D eigenvalue weighted by atomic mass is 10.2. The minimum absolute atomic E-state index is 0.0662. The molecule has 0 spiro atoms. The summed E-state index contributed by atoms with van der Waals surface area (Å²) in [5, 5.41) is 2.56. The molecule has 132 valence electrons. The lowest BCUT2D eigenvalue weighted by Crippen LogP contribution is -2.38. The second-order valence-electron chi connectivity index (χ2n) is 5.31. The summed E-state index contributed by atoms with van der Waals surface area (Å²) in [6, 6.07) is 4.63. The molecule has 24 heavy (non-hydrogen) atoms. The molecule has 0 aliphatic carbocycles. The van der Waals surface area contributed by atoms with E-state index < -0.39 is 34.4 Å². The van der Waals surface area contributed by atoms with Gasteiger partial charge in [-0.25, -0.2) is 13.2 Å². The molecule has 0 unspecified atom stereocenters. The molecule has 1 aliphatic heterocycles. The molecule has 1 heterocycles. The first-order chi connectivity index (χ1) is 11.3. The Morgan fingerprint density at radius 2 is 2.12 bits per heavy atom. The minimum Gasteiger partial charge on any atom is -0.496 e. The highest BCUT2D eigenvalue weighted by atomic mass is 32.2. The van der Waals surface area contributed by atoms with Crippen molar-refractivity contribution in [3.05, 3.63) is 23.8 Å². The Kier molecular flexibility index (Phi) is 6.11. The zero-order chi connectivity index (χ0) is 17.7. The van der Waals surface area contributed by atoms with Gasteiger partial charge in [0.15, 0.2) is 16.4 Å². The molecule has 7 nitrogen and oxygen atoms in total. The molecule has 0 radical (unpaired) electrons. The number of hydrogen-bond donors (Lipinski definition) is 1. The number of methoxy groups -OCH3 is 1. The molecule has 1 fully saturated rings. The Morgan fingerprint density at radius 1 is 1.38 bits per heavy atom. The van der Waals surface area contributed by atoms with Crippen molar-refractivity contribution in [2.45, 2.75) is 17.4 Å². The fourth-order valence-corrected chi connectivity index (χ4v) is 4.46. The van der Waals surface area contributed by atoms with E-state index in [1.807, 2.05) is 6.26 Å². The van der Waals surface area contributed by atoms with Crippen LogP contribution in [0, 0.1) is 0 Å². The zero-order valence-corrected chi connectivity index (χ0v) is 15.0. The molecule has 9 heteroatoms. The van der Waals surface area contributed by atoms with Gasteiger partial charge in [0.1, 0.15) is 11.3 Å². The van der Waals surface area contributed by atoms with Crippen molar-refractivity contribution < 1.29 is 27.5 Å². The molecule has 1 aliphatic rings. The van der Waals surface area contributed by atoms with E-state index in [9.17, 15) is 18.0 Å². The molecule has 1 aromatic carbocycles. The Labute approximate surface area is 145 Å². The topological polar surface area (TPSA) is 98.8 Å². The molecule has 0 bridgehead atoms. The largest absolute Gasteiger partial charge is 0.496 e. The summed E-state index contributed by atoms with van der Waals surface area (Å²) in [6.07, 6.45) is 2.28. The second kappa shape index (κ2) is 7.89. The smallest absolute Gasteiger partial charge is 0.342 e. The molecule has 0 saturated carbocycles. The van der Waals surface area contributed by atoms with Crippen LogP contribution in [0.15, 0.2) is 23.1 Å². The van der Waals surface area contributed by atoms with E-state index >= 15 is 0 Å². The molecule has 1 amide bonds. The number of thioether (sulfide) groups is 1. The lowest BCUT2D eigenvalue weighted by Gasteiger charge is -2.12. The van der Waals surface area contributed by atoms with Crippen LogP contribution in [0.25, 0.3) is 0 Å². The number of esters is 1. The van der Waals surface area contributed by atoms with Crippen LogP contribution < -0.4 is 10.1 Å². The predicted molar refractivity (Wildman–Crippen MR) is 90.3 cm³/mol. The summed E-state index contributed by atoms with van der Waals surface area (Å²) in [7, 11) is -1.62. The summed E-state index contributed by atoms with van der Waals surface area (Å²) in [4.78, 5) is 24.8. The van der Waals surface area contributed by atoms with Gasteiger partial charge in [-0.2, -0.15) is 0 Å². The number of nitrogens with one attached hydrogen (secondary N) is 1. The predicted octanol–water partition coefficient (Wildman–Crippen LogP) is 0.877.